The van der Waals surface area contributed by atoms with Crippen molar-refractivity contribution in [2.75, 3.05) is 17.7 Å². The number of fused-ring (bicyclic) bond motifs is 1. The fraction of sp³-hybridized carbons (Fsp3) is 0.167. The van der Waals surface area contributed by atoms with E-state index in [4.69, 9.17) is 0 Å². The molecule has 0 saturated heterocycles. The second kappa shape index (κ2) is 6.84. The first-order chi connectivity index (χ1) is 13.0. The predicted octanol–water partition coefficient (Wildman–Crippen LogP) is 2.84. The monoisotopic (exact) mass is 381 g/mol. The van der Waals surface area contributed by atoms with Gasteiger partial charge in [0.25, 0.3) is 5.69 Å². The fourth-order valence-corrected chi connectivity index (χ4v) is 3.77. The summed E-state index contributed by atoms with van der Waals surface area (Å²) in [4.78, 5) is 28.4. The van der Waals surface area contributed by atoms with Crippen LogP contribution in [0, 0.1) is 10.1 Å². The molecule has 2 heterocycles. The Morgan fingerprint density at radius 1 is 1.30 bits per heavy atom. The number of likely N-dealkylation sites (N-methyl/N-ethyl adjacent to an activating group) is 1. The Morgan fingerprint density at radius 2 is 2.11 bits per heavy atom. The van der Waals surface area contributed by atoms with Gasteiger partial charge < -0.3 is 4.90 Å². The average molecular weight is 381 g/mol. The van der Waals surface area contributed by atoms with E-state index >= 15 is 0 Å². The van der Waals surface area contributed by atoms with Crippen molar-refractivity contribution in [1.29, 1.82) is 0 Å². The number of aliphatic imine (C=N–C) groups is 1. The second-order valence-electron chi connectivity index (χ2n) is 6.09. The van der Waals surface area contributed by atoms with Gasteiger partial charge in [-0.3, -0.25) is 20.3 Å². The van der Waals surface area contributed by atoms with Crippen LogP contribution in [0.2, 0.25) is 0 Å². The lowest BCUT2D eigenvalue weighted by Crippen LogP contribution is -2.25. The molecule has 0 spiro atoms. The molecule has 4 rings (SSSR count). The number of nitrogens with one attached hydrogen (secondary N) is 1. The molecule has 0 saturated carbocycles. The number of hydrogen-bond acceptors (Lipinski definition) is 6. The molecule has 0 fully saturated rings. The zero-order valence-corrected chi connectivity index (χ0v) is 15.2. The Hall–Kier alpha value is -3.20. The van der Waals surface area contributed by atoms with Crippen LogP contribution < -0.4 is 10.3 Å². The van der Waals surface area contributed by atoms with E-state index in [9.17, 15) is 14.9 Å². The molecule has 2 aliphatic heterocycles. The lowest BCUT2D eigenvalue weighted by Gasteiger charge is -2.16. The minimum atomic E-state index is -0.454. The summed E-state index contributed by atoms with van der Waals surface area (Å²) >= 11 is 1.42. The molecule has 0 aromatic heterocycles. The third-order valence-corrected chi connectivity index (χ3v) is 5.30. The van der Waals surface area contributed by atoms with E-state index in [0.717, 1.165) is 22.5 Å². The number of para-hydroxylation sites is 2. The summed E-state index contributed by atoms with van der Waals surface area (Å²) in [5.74, 6) is 0.661. The molecule has 8 nitrogen and oxygen atoms in total. The van der Waals surface area contributed by atoms with Crippen LogP contribution in [0.1, 0.15) is 11.1 Å². The molecule has 27 heavy (non-hydrogen) atoms. The van der Waals surface area contributed by atoms with Crippen LogP contribution in [0.25, 0.3) is 0 Å². The van der Waals surface area contributed by atoms with Gasteiger partial charge in [-0.25, -0.2) is 4.99 Å². The van der Waals surface area contributed by atoms with Crippen LogP contribution in [0.5, 0.6) is 0 Å². The van der Waals surface area contributed by atoms with E-state index in [-0.39, 0.29) is 17.3 Å². The molecule has 0 radical (unpaired) electrons. The normalized spacial score (nSPS) is 17.5. The van der Waals surface area contributed by atoms with Crippen LogP contribution in [0.3, 0.4) is 0 Å². The van der Waals surface area contributed by atoms with Gasteiger partial charge in [0.2, 0.25) is 5.91 Å². The molecule has 0 bridgehead atoms. The van der Waals surface area contributed by atoms with Gasteiger partial charge in [0, 0.05) is 24.6 Å². The number of amides is 1. The topological polar surface area (TPSA) is 100 Å². The molecule has 9 heteroatoms. The first-order valence-electron chi connectivity index (χ1n) is 8.20. The van der Waals surface area contributed by atoms with Crippen LogP contribution in [0.15, 0.2) is 52.6 Å². The Kier molecular flexibility index (Phi) is 4.36. The highest BCUT2D eigenvalue weighted by Gasteiger charge is 2.25. The van der Waals surface area contributed by atoms with Crippen LogP contribution >= 0.6 is 11.8 Å². The van der Waals surface area contributed by atoms with Gasteiger partial charge in [0.1, 0.15) is 5.69 Å². The summed E-state index contributed by atoms with van der Waals surface area (Å²) in [6.45, 7) is 0. The number of nitro groups is 1. The van der Waals surface area contributed by atoms with Crippen molar-refractivity contribution in [3.63, 3.8) is 0 Å². The fourth-order valence-electron chi connectivity index (χ4n) is 2.99. The molecule has 0 unspecified atom stereocenters. The third-order valence-electron chi connectivity index (χ3n) is 4.42. The summed E-state index contributed by atoms with van der Waals surface area (Å²) < 4.78 is 0. The molecule has 1 amide bonds. The van der Waals surface area contributed by atoms with Crippen molar-refractivity contribution in [3.8, 4) is 0 Å². The third kappa shape index (κ3) is 3.28. The molecule has 2 aliphatic rings. The largest absolute Gasteiger partial charge is 0.315 e. The number of thioether (sulfide) groups is 1. The number of hydrogen-bond donors (Lipinski definition) is 1. The number of carbonyl (C=O) groups excluding carboxylic acids is 1. The quantitative estimate of drug-likeness (QED) is 0.651. The second-order valence-corrected chi connectivity index (χ2v) is 7.06. The summed E-state index contributed by atoms with van der Waals surface area (Å²) in [6.07, 6.45) is 0.401. The van der Waals surface area contributed by atoms with Crippen molar-refractivity contribution in [1.82, 2.24) is 5.43 Å². The standard InChI is InChI=1S/C18H15N5O3S/c1-22-15-7-6-11(8-12(15)9-17(22)24)14-10-27-18(21-20-14)19-13-4-2-3-5-16(13)23(25)26/h2-8H,9-10H2,1H3,(H,19,21). The molecular weight excluding hydrogens is 366 g/mol. The molecule has 1 N–H and O–H groups in total. The van der Waals surface area contributed by atoms with Gasteiger partial charge in [-0.1, -0.05) is 30.0 Å². The molecule has 0 atom stereocenters. The number of nitrogens with zero attached hydrogens (tertiary/aromatic N) is 4. The maximum Gasteiger partial charge on any atom is 0.294 e. The lowest BCUT2D eigenvalue weighted by atomic mass is 10.1. The first-order valence-corrected chi connectivity index (χ1v) is 9.19. The predicted molar refractivity (Wildman–Crippen MR) is 106 cm³/mol. The zero-order chi connectivity index (χ0) is 19.0. The van der Waals surface area contributed by atoms with E-state index in [1.54, 1.807) is 30.1 Å². The van der Waals surface area contributed by atoms with Crippen LogP contribution in [-0.4, -0.2) is 34.5 Å². The highest BCUT2D eigenvalue weighted by atomic mass is 32.2. The average Bonchev–Trinajstić information content (AvgIpc) is 2.96. The number of nitro benzene ring substituents is 1. The van der Waals surface area contributed by atoms with Crippen LogP contribution in [-0.2, 0) is 11.2 Å². The Balaban J connectivity index is 1.56. The van der Waals surface area contributed by atoms with Crippen molar-refractivity contribution in [2.24, 2.45) is 10.1 Å². The lowest BCUT2D eigenvalue weighted by molar-refractivity contribution is -0.384. The highest BCUT2D eigenvalue weighted by Crippen LogP contribution is 2.30. The van der Waals surface area contributed by atoms with Gasteiger partial charge >= 0.3 is 0 Å². The summed E-state index contributed by atoms with van der Waals surface area (Å²) in [5, 5.41) is 16.0. The van der Waals surface area contributed by atoms with E-state index in [1.807, 2.05) is 18.2 Å². The Morgan fingerprint density at radius 3 is 2.85 bits per heavy atom. The van der Waals surface area contributed by atoms with Crippen molar-refractivity contribution >= 4 is 45.6 Å². The van der Waals surface area contributed by atoms with E-state index < -0.39 is 4.92 Å². The van der Waals surface area contributed by atoms with Gasteiger partial charge in [0.15, 0.2) is 5.17 Å². The van der Waals surface area contributed by atoms with Gasteiger partial charge in [-0.15, -0.1) is 0 Å². The summed E-state index contributed by atoms with van der Waals surface area (Å²) in [5.41, 5.74) is 6.82. The number of rotatable bonds is 3. The molecule has 0 aliphatic carbocycles. The van der Waals surface area contributed by atoms with Crippen molar-refractivity contribution in [3.05, 3.63) is 63.7 Å². The first kappa shape index (κ1) is 17.2. The highest BCUT2D eigenvalue weighted by molar-refractivity contribution is 8.14. The molecule has 136 valence electrons. The van der Waals surface area contributed by atoms with Gasteiger partial charge in [-0.05, 0) is 29.3 Å². The minimum Gasteiger partial charge on any atom is -0.315 e. The van der Waals surface area contributed by atoms with Gasteiger partial charge in [0.05, 0.1) is 17.1 Å². The van der Waals surface area contributed by atoms with Crippen molar-refractivity contribution < 1.29 is 9.72 Å². The number of benzene rings is 2. The van der Waals surface area contributed by atoms with Crippen LogP contribution in [0.4, 0.5) is 17.1 Å². The number of hydrazone groups is 1. The maximum absolute atomic E-state index is 11.8. The zero-order valence-electron chi connectivity index (χ0n) is 14.4. The van der Waals surface area contributed by atoms with Gasteiger partial charge in [-0.2, -0.15) is 5.10 Å². The number of anilines is 1. The molecule has 2 aromatic rings. The van der Waals surface area contributed by atoms with E-state index in [0.29, 0.717) is 17.3 Å². The minimum absolute atomic E-state index is 0.0467. The Bertz CT molecular complexity index is 1020. The SMILES string of the molecule is CN1C(=O)Cc2cc(C3=NNC(=Nc4ccccc4[N+](=O)[O-])SC3)ccc21. The smallest absolute Gasteiger partial charge is 0.294 e. The van der Waals surface area contributed by atoms with E-state index in [1.165, 1.54) is 17.8 Å². The molecule has 2 aromatic carbocycles. The summed E-state index contributed by atoms with van der Waals surface area (Å²) in [7, 11) is 1.77. The maximum atomic E-state index is 11.8. The number of carbonyl (C=O) groups is 1. The van der Waals surface area contributed by atoms with Crippen molar-refractivity contribution in [2.45, 2.75) is 6.42 Å². The Labute approximate surface area is 159 Å². The molecular formula is C18H15N5O3S. The number of amidine groups is 1. The summed E-state index contributed by atoms with van der Waals surface area (Å²) in [6, 6.07) is 12.2. The van der Waals surface area contributed by atoms with E-state index in [2.05, 4.69) is 15.5 Å².